The molecular weight excluding hydrogens is 248 g/mol. The molecule has 2 rings (SSSR count). The van der Waals surface area contributed by atoms with E-state index in [0.717, 1.165) is 37.9 Å². The Morgan fingerprint density at radius 3 is 2.50 bits per heavy atom. The first-order valence-corrected chi connectivity index (χ1v) is 7.58. The summed E-state index contributed by atoms with van der Waals surface area (Å²) in [6.07, 6.45) is 4.89. The molecule has 1 heterocycles. The topological polar surface area (TPSA) is 46.3 Å². The third-order valence-electron chi connectivity index (χ3n) is 3.72. The first-order chi connectivity index (χ1) is 9.44. The highest BCUT2D eigenvalue weighted by Gasteiger charge is 2.17. The molecule has 20 heavy (non-hydrogen) atoms. The molecule has 1 aromatic rings. The number of amides is 1. The predicted octanol–water partition coefficient (Wildman–Crippen LogP) is 2.52. The lowest BCUT2D eigenvalue weighted by atomic mass is 9.94. The molecule has 0 atom stereocenters. The molecule has 1 amide bonds. The van der Waals surface area contributed by atoms with Gasteiger partial charge in [0, 0.05) is 18.6 Å². The maximum atomic E-state index is 12.3. The number of hydrogen-bond acceptors (Lipinski definition) is 2. The highest BCUT2D eigenvalue weighted by Crippen LogP contribution is 2.15. The van der Waals surface area contributed by atoms with Crippen LogP contribution in [0.5, 0.6) is 0 Å². The maximum Gasteiger partial charge on any atom is 0.226 e. The monoisotopic (exact) mass is 274 g/mol. The van der Waals surface area contributed by atoms with Gasteiger partial charge in [-0.05, 0) is 50.7 Å². The molecule has 1 fully saturated rings. The van der Waals surface area contributed by atoms with E-state index in [9.17, 15) is 4.79 Å². The second kappa shape index (κ2) is 6.40. The van der Waals surface area contributed by atoms with Crippen LogP contribution in [0.1, 0.15) is 44.2 Å². The first-order valence-electron chi connectivity index (χ1n) is 7.58. The number of benzene rings is 1. The number of hydrogen-bond donors (Lipinski definition) is 1. The number of nitrogens with two attached hydrogens (primary N) is 1. The van der Waals surface area contributed by atoms with Crippen LogP contribution in [-0.4, -0.2) is 29.4 Å². The summed E-state index contributed by atoms with van der Waals surface area (Å²) in [4.78, 5) is 14.3. The molecule has 0 aliphatic carbocycles. The zero-order valence-electron chi connectivity index (χ0n) is 12.7. The van der Waals surface area contributed by atoms with Crippen LogP contribution in [0.15, 0.2) is 24.3 Å². The van der Waals surface area contributed by atoms with E-state index >= 15 is 0 Å². The fourth-order valence-corrected chi connectivity index (χ4v) is 2.81. The summed E-state index contributed by atoms with van der Waals surface area (Å²) in [6, 6.07) is 8.27. The largest absolute Gasteiger partial charge is 0.342 e. The Morgan fingerprint density at radius 1 is 1.20 bits per heavy atom. The number of carbonyl (C=O) groups excluding carboxylic acids is 1. The smallest absolute Gasteiger partial charge is 0.226 e. The minimum atomic E-state index is -0.213. The summed E-state index contributed by atoms with van der Waals surface area (Å²) >= 11 is 0. The van der Waals surface area contributed by atoms with E-state index in [1.807, 2.05) is 30.9 Å². The summed E-state index contributed by atoms with van der Waals surface area (Å²) in [6.45, 7) is 5.90. The van der Waals surface area contributed by atoms with Crippen LogP contribution in [-0.2, 0) is 17.6 Å². The van der Waals surface area contributed by atoms with Gasteiger partial charge >= 0.3 is 0 Å². The van der Waals surface area contributed by atoms with Gasteiger partial charge in [0.05, 0.1) is 6.42 Å². The van der Waals surface area contributed by atoms with E-state index in [2.05, 4.69) is 12.1 Å². The summed E-state index contributed by atoms with van der Waals surface area (Å²) in [7, 11) is 0. The fraction of sp³-hybridized carbons (Fsp3) is 0.588. The first kappa shape index (κ1) is 15.0. The molecule has 110 valence electrons. The van der Waals surface area contributed by atoms with E-state index < -0.39 is 0 Å². The van der Waals surface area contributed by atoms with Crippen LogP contribution >= 0.6 is 0 Å². The van der Waals surface area contributed by atoms with Gasteiger partial charge in [-0.2, -0.15) is 0 Å². The minimum Gasteiger partial charge on any atom is -0.342 e. The second-order valence-electron chi connectivity index (χ2n) is 6.60. The van der Waals surface area contributed by atoms with Crippen molar-refractivity contribution in [1.29, 1.82) is 0 Å². The van der Waals surface area contributed by atoms with Gasteiger partial charge in [0.1, 0.15) is 0 Å². The van der Waals surface area contributed by atoms with Crippen molar-refractivity contribution in [3.63, 3.8) is 0 Å². The number of rotatable bonds is 4. The van der Waals surface area contributed by atoms with Crippen LogP contribution in [0.3, 0.4) is 0 Å². The Hall–Kier alpha value is -1.35. The summed E-state index contributed by atoms with van der Waals surface area (Å²) < 4.78 is 0. The van der Waals surface area contributed by atoms with Crippen LogP contribution < -0.4 is 5.73 Å². The van der Waals surface area contributed by atoms with Crippen LogP contribution in [0, 0.1) is 0 Å². The molecule has 0 bridgehead atoms. The van der Waals surface area contributed by atoms with E-state index in [4.69, 9.17) is 5.73 Å². The summed E-state index contributed by atoms with van der Waals surface area (Å²) in [5.41, 5.74) is 8.16. The van der Waals surface area contributed by atoms with Gasteiger partial charge in [0.15, 0.2) is 0 Å². The average molecular weight is 274 g/mol. The van der Waals surface area contributed by atoms with Gasteiger partial charge in [-0.25, -0.2) is 0 Å². The van der Waals surface area contributed by atoms with Crippen molar-refractivity contribution in [2.24, 2.45) is 5.73 Å². The Bertz CT molecular complexity index is 456. The molecule has 1 aliphatic heterocycles. The molecule has 0 unspecified atom stereocenters. The van der Waals surface area contributed by atoms with Gasteiger partial charge in [0.2, 0.25) is 5.91 Å². The van der Waals surface area contributed by atoms with Gasteiger partial charge in [-0.1, -0.05) is 24.3 Å². The van der Waals surface area contributed by atoms with Gasteiger partial charge < -0.3 is 10.6 Å². The highest BCUT2D eigenvalue weighted by molar-refractivity contribution is 5.78. The second-order valence-corrected chi connectivity index (χ2v) is 6.60. The number of piperidine rings is 1. The molecule has 1 aromatic carbocycles. The Balaban J connectivity index is 1.98. The lowest BCUT2D eigenvalue weighted by Crippen LogP contribution is -2.36. The number of carbonyl (C=O) groups is 1. The number of likely N-dealkylation sites (tertiary alicyclic amines) is 1. The van der Waals surface area contributed by atoms with Crippen LogP contribution in [0.25, 0.3) is 0 Å². The predicted molar refractivity (Wildman–Crippen MR) is 82.5 cm³/mol. The molecule has 0 spiro atoms. The van der Waals surface area contributed by atoms with E-state index in [1.165, 1.54) is 12.0 Å². The normalized spacial score (nSPS) is 16.2. The van der Waals surface area contributed by atoms with Crippen LogP contribution in [0.4, 0.5) is 0 Å². The van der Waals surface area contributed by atoms with Crippen molar-refractivity contribution in [3.8, 4) is 0 Å². The molecule has 0 aromatic heterocycles. The zero-order valence-corrected chi connectivity index (χ0v) is 12.7. The third kappa shape index (κ3) is 4.64. The van der Waals surface area contributed by atoms with Crippen molar-refractivity contribution >= 4 is 5.91 Å². The molecule has 2 N–H and O–H groups in total. The Kier molecular flexibility index (Phi) is 4.81. The maximum absolute atomic E-state index is 12.3. The zero-order chi connectivity index (χ0) is 14.6. The van der Waals surface area contributed by atoms with Crippen LogP contribution in [0.2, 0.25) is 0 Å². The SMILES string of the molecule is CC(C)(N)Cc1cccc(CC(=O)N2CCCCC2)c1. The minimum absolute atomic E-state index is 0.213. The standard InChI is InChI=1S/C17H26N2O/c1-17(2,18)13-15-8-6-7-14(11-15)12-16(20)19-9-4-3-5-10-19/h6-8,11H,3-5,9-10,12-13,18H2,1-2H3. The molecular formula is C17H26N2O. The number of nitrogens with zero attached hydrogens (tertiary/aromatic N) is 1. The van der Waals surface area contributed by atoms with Gasteiger partial charge in [-0.15, -0.1) is 0 Å². The Morgan fingerprint density at radius 2 is 1.85 bits per heavy atom. The lowest BCUT2D eigenvalue weighted by molar-refractivity contribution is -0.131. The summed E-state index contributed by atoms with van der Waals surface area (Å²) in [5, 5.41) is 0. The van der Waals surface area contributed by atoms with E-state index in [-0.39, 0.29) is 11.4 Å². The van der Waals surface area contributed by atoms with Gasteiger partial charge in [-0.3, -0.25) is 4.79 Å². The highest BCUT2D eigenvalue weighted by atomic mass is 16.2. The molecule has 3 heteroatoms. The quantitative estimate of drug-likeness (QED) is 0.917. The average Bonchev–Trinajstić information content (AvgIpc) is 2.38. The lowest BCUT2D eigenvalue weighted by Gasteiger charge is -2.27. The third-order valence-corrected chi connectivity index (χ3v) is 3.72. The van der Waals surface area contributed by atoms with Crippen molar-refractivity contribution in [2.45, 2.75) is 51.5 Å². The van der Waals surface area contributed by atoms with Crippen molar-refractivity contribution in [3.05, 3.63) is 35.4 Å². The molecule has 0 radical (unpaired) electrons. The van der Waals surface area contributed by atoms with E-state index in [1.54, 1.807) is 0 Å². The molecule has 1 aliphatic rings. The van der Waals surface area contributed by atoms with E-state index in [0.29, 0.717) is 6.42 Å². The fourth-order valence-electron chi connectivity index (χ4n) is 2.81. The molecule has 0 saturated carbocycles. The Labute approximate surface area is 122 Å². The van der Waals surface area contributed by atoms with Crippen molar-refractivity contribution in [1.82, 2.24) is 4.90 Å². The molecule has 3 nitrogen and oxygen atoms in total. The molecule has 1 saturated heterocycles. The van der Waals surface area contributed by atoms with Crippen molar-refractivity contribution < 1.29 is 4.79 Å². The van der Waals surface area contributed by atoms with Crippen molar-refractivity contribution in [2.75, 3.05) is 13.1 Å². The van der Waals surface area contributed by atoms with Gasteiger partial charge in [0.25, 0.3) is 0 Å². The summed E-state index contributed by atoms with van der Waals surface area (Å²) in [5.74, 6) is 0.258.